The molecule has 0 bridgehead atoms. The van der Waals surface area contributed by atoms with Gasteiger partial charge in [0.2, 0.25) is 0 Å². The summed E-state index contributed by atoms with van der Waals surface area (Å²) in [5.74, 6) is -0.386. The van der Waals surface area contributed by atoms with E-state index in [2.05, 4.69) is 34.1 Å². The van der Waals surface area contributed by atoms with Gasteiger partial charge in [-0.15, -0.1) is 0 Å². The minimum absolute atomic E-state index is 0.386. The number of aromatic nitrogens is 1. The number of ether oxygens (including phenoxy) is 2. The molecule has 4 nitrogen and oxygen atoms in total. The third-order valence-electron chi connectivity index (χ3n) is 4.20. The fraction of sp³-hybridized carbons (Fsp3) is 0.438. The lowest BCUT2D eigenvalue weighted by molar-refractivity contribution is -0.161. The number of anilines is 1. The van der Waals surface area contributed by atoms with Crippen LogP contribution < -0.4 is 4.90 Å². The highest BCUT2D eigenvalue weighted by atomic mass is 16.7. The predicted molar refractivity (Wildman–Crippen MR) is 77.8 cm³/mol. The second-order valence-corrected chi connectivity index (χ2v) is 5.48. The van der Waals surface area contributed by atoms with Gasteiger partial charge in [-0.05, 0) is 18.6 Å². The monoisotopic (exact) mass is 270 g/mol. The maximum Gasteiger partial charge on any atom is 0.186 e. The second kappa shape index (κ2) is 4.72. The summed E-state index contributed by atoms with van der Waals surface area (Å²) in [6.45, 7) is 3.28. The van der Waals surface area contributed by atoms with Crippen LogP contribution in [-0.2, 0) is 9.47 Å². The van der Waals surface area contributed by atoms with Crippen LogP contribution in [-0.4, -0.2) is 37.1 Å². The molecule has 0 unspecified atom stereocenters. The Morgan fingerprint density at radius 1 is 1.10 bits per heavy atom. The Kier molecular flexibility index (Phi) is 2.86. The molecule has 0 amide bonds. The maximum atomic E-state index is 5.87. The van der Waals surface area contributed by atoms with Crippen molar-refractivity contribution in [2.24, 2.45) is 0 Å². The normalized spacial score (nSPS) is 21.7. The molecule has 104 valence electrons. The molecule has 2 aliphatic heterocycles. The molecule has 0 radical (unpaired) electrons. The summed E-state index contributed by atoms with van der Waals surface area (Å²) in [6, 6.07) is 10.4. The minimum Gasteiger partial charge on any atom is -0.366 e. The van der Waals surface area contributed by atoms with Crippen LogP contribution in [0.25, 0.3) is 10.9 Å². The number of nitrogens with zero attached hydrogens (tertiary/aromatic N) is 2. The van der Waals surface area contributed by atoms with Crippen LogP contribution in [0.5, 0.6) is 0 Å². The quantitative estimate of drug-likeness (QED) is 0.797. The van der Waals surface area contributed by atoms with Gasteiger partial charge in [-0.1, -0.05) is 18.2 Å². The highest BCUT2D eigenvalue weighted by Crippen LogP contribution is 2.34. The Morgan fingerprint density at radius 3 is 2.85 bits per heavy atom. The van der Waals surface area contributed by atoms with E-state index in [1.165, 1.54) is 11.1 Å². The fourth-order valence-electron chi connectivity index (χ4n) is 3.28. The van der Waals surface area contributed by atoms with Gasteiger partial charge in [0, 0.05) is 30.2 Å². The molecule has 3 heterocycles. The molecule has 0 N–H and O–H groups in total. The number of rotatable bonds is 1. The molecule has 4 rings (SSSR count). The Hall–Kier alpha value is -1.65. The SMILES string of the molecule is c1ccc2c(N3CCCC4(C3)OCCO4)ccnc2c1. The molecule has 0 aliphatic carbocycles. The first-order valence-corrected chi connectivity index (χ1v) is 7.23. The zero-order chi connectivity index (χ0) is 13.4. The summed E-state index contributed by atoms with van der Waals surface area (Å²) >= 11 is 0. The summed E-state index contributed by atoms with van der Waals surface area (Å²) in [4.78, 5) is 6.81. The summed E-state index contributed by atoms with van der Waals surface area (Å²) < 4.78 is 11.7. The van der Waals surface area contributed by atoms with Gasteiger partial charge in [-0.25, -0.2) is 0 Å². The van der Waals surface area contributed by atoms with Crippen LogP contribution >= 0.6 is 0 Å². The Bertz CT molecular complexity index is 617. The summed E-state index contributed by atoms with van der Waals surface area (Å²) in [5.41, 5.74) is 2.27. The van der Waals surface area contributed by atoms with E-state index in [1.54, 1.807) is 0 Å². The summed E-state index contributed by atoms with van der Waals surface area (Å²) in [5, 5.41) is 1.20. The van der Waals surface area contributed by atoms with Crippen LogP contribution in [0.4, 0.5) is 5.69 Å². The molecule has 2 fully saturated rings. The molecule has 4 heteroatoms. The molecule has 1 aromatic heterocycles. The van der Waals surface area contributed by atoms with E-state index >= 15 is 0 Å². The van der Waals surface area contributed by atoms with Crippen LogP contribution in [0.1, 0.15) is 12.8 Å². The molecule has 1 spiro atoms. The zero-order valence-corrected chi connectivity index (χ0v) is 11.4. The van der Waals surface area contributed by atoms with Gasteiger partial charge in [0.25, 0.3) is 0 Å². The smallest absolute Gasteiger partial charge is 0.186 e. The van der Waals surface area contributed by atoms with E-state index in [-0.39, 0.29) is 5.79 Å². The van der Waals surface area contributed by atoms with Crippen LogP contribution in [0.3, 0.4) is 0 Å². The van der Waals surface area contributed by atoms with Crippen molar-refractivity contribution < 1.29 is 9.47 Å². The molecular formula is C16H18N2O2. The summed E-state index contributed by atoms with van der Waals surface area (Å²) in [6.07, 6.45) is 3.97. The molecule has 1 aromatic carbocycles. The van der Waals surface area contributed by atoms with Crippen molar-refractivity contribution in [3.05, 3.63) is 36.5 Å². The van der Waals surface area contributed by atoms with Crippen LogP contribution in [0.15, 0.2) is 36.5 Å². The van der Waals surface area contributed by atoms with E-state index in [0.29, 0.717) is 13.2 Å². The molecule has 0 atom stereocenters. The number of para-hydroxylation sites is 1. The Balaban J connectivity index is 1.72. The molecule has 2 aromatic rings. The lowest BCUT2D eigenvalue weighted by atomic mass is 10.0. The van der Waals surface area contributed by atoms with Crippen molar-refractivity contribution >= 4 is 16.6 Å². The average molecular weight is 270 g/mol. The van der Waals surface area contributed by atoms with Gasteiger partial charge >= 0.3 is 0 Å². The minimum atomic E-state index is -0.386. The van der Waals surface area contributed by atoms with Gasteiger partial charge in [-0.3, -0.25) is 4.98 Å². The van der Waals surface area contributed by atoms with Crippen molar-refractivity contribution in [1.29, 1.82) is 0 Å². The number of hydrogen-bond acceptors (Lipinski definition) is 4. The van der Waals surface area contributed by atoms with Gasteiger partial charge in [-0.2, -0.15) is 0 Å². The zero-order valence-electron chi connectivity index (χ0n) is 11.4. The topological polar surface area (TPSA) is 34.6 Å². The first-order valence-electron chi connectivity index (χ1n) is 7.23. The van der Waals surface area contributed by atoms with Crippen molar-refractivity contribution in [3.8, 4) is 0 Å². The maximum absolute atomic E-state index is 5.87. The van der Waals surface area contributed by atoms with Gasteiger partial charge in [0.05, 0.1) is 25.3 Å². The van der Waals surface area contributed by atoms with Gasteiger partial charge in [0.15, 0.2) is 5.79 Å². The Morgan fingerprint density at radius 2 is 1.95 bits per heavy atom. The summed E-state index contributed by atoms with van der Waals surface area (Å²) in [7, 11) is 0. The van der Waals surface area contributed by atoms with Crippen LogP contribution in [0.2, 0.25) is 0 Å². The highest BCUT2D eigenvalue weighted by molar-refractivity contribution is 5.91. The van der Waals surface area contributed by atoms with Crippen molar-refractivity contribution in [2.45, 2.75) is 18.6 Å². The first kappa shape index (κ1) is 12.1. The van der Waals surface area contributed by atoms with E-state index in [9.17, 15) is 0 Å². The second-order valence-electron chi connectivity index (χ2n) is 5.48. The largest absolute Gasteiger partial charge is 0.366 e. The van der Waals surface area contributed by atoms with E-state index in [4.69, 9.17) is 9.47 Å². The predicted octanol–water partition coefficient (Wildman–Crippen LogP) is 2.58. The molecular weight excluding hydrogens is 252 g/mol. The number of benzene rings is 1. The number of pyridine rings is 1. The highest BCUT2D eigenvalue weighted by Gasteiger charge is 2.41. The first-order chi connectivity index (χ1) is 9.86. The molecule has 2 saturated heterocycles. The number of piperidine rings is 1. The van der Waals surface area contributed by atoms with E-state index < -0.39 is 0 Å². The number of fused-ring (bicyclic) bond motifs is 1. The standard InChI is InChI=1S/C16H18N2O2/c1-2-5-14-13(4-1)15(6-8-17-14)18-9-3-7-16(12-18)19-10-11-20-16/h1-2,4-6,8H,3,7,9-12H2. The van der Waals surface area contributed by atoms with E-state index in [0.717, 1.165) is 31.4 Å². The molecule has 20 heavy (non-hydrogen) atoms. The third-order valence-corrected chi connectivity index (χ3v) is 4.20. The lowest BCUT2D eigenvalue weighted by Crippen LogP contribution is -2.49. The third kappa shape index (κ3) is 1.96. The van der Waals surface area contributed by atoms with Crippen molar-refractivity contribution in [3.63, 3.8) is 0 Å². The lowest BCUT2D eigenvalue weighted by Gasteiger charge is -2.40. The Labute approximate surface area is 118 Å². The van der Waals surface area contributed by atoms with Gasteiger partial charge in [0.1, 0.15) is 0 Å². The van der Waals surface area contributed by atoms with Crippen molar-refractivity contribution in [2.75, 3.05) is 31.2 Å². The van der Waals surface area contributed by atoms with E-state index in [1.807, 2.05) is 12.3 Å². The molecule has 2 aliphatic rings. The molecule has 0 saturated carbocycles. The fourth-order valence-corrected chi connectivity index (χ4v) is 3.28. The van der Waals surface area contributed by atoms with Gasteiger partial charge < -0.3 is 14.4 Å². The van der Waals surface area contributed by atoms with Crippen LogP contribution in [0, 0.1) is 0 Å². The van der Waals surface area contributed by atoms with Crippen molar-refractivity contribution in [1.82, 2.24) is 4.98 Å². The number of hydrogen-bond donors (Lipinski definition) is 0. The average Bonchev–Trinajstić information content (AvgIpc) is 2.94.